The molecular formula is C13H21NO2. The number of hydrogen-bond acceptors (Lipinski definition) is 3. The number of Topliss-reactive ketones (excluding diaryl/α,β-unsaturated/α-hetero) is 1. The second-order valence-corrected chi connectivity index (χ2v) is 5.66. The molecule has 1 aliphatic carbocycles. The Balaban J connectivity index is 1.53. The number of likely N-dealkylation sites (tertiary alicyclic amines) is 1. The van der Waals surface area contributed by atoms with Crippen LogP contribution in [0.2, 0.25) is 0 Å². The molecule has 3 nitrogen and oxygen atoms in total. The van der Waals surface area contributed by atoms with Gasteiger partial charge in [0.05, 0.1) is 19.1 Å². The molecule has 1 saturated carbocycles. The molecule has 0 bridgehead atoms. The van der Waals surface area contributed by atoms with Crippen molar-refractivity contribution in [1.29, 1.82) is 0 Å². The number of fused-ring (bicyclic) bond motifs is 1. The third-order valence-corrected chi connectivity index (χ3v) is 4.55. The van der Waals surface area contributed by atoms with Gasteiger partial charge in [0, 0.05) is 26.1 Å². The van der Waals surface area contributed by atoms with Crippen LogP contribution in [0.1, 0.15) is 25.7 Å². The van der Waals surface area contributed by atoms with Gasteiger partial charge in [0.2, 0.25) is 0 Å². The van der Waals surface area contributed by atoms with Crippen molar-refractivity contribution in [3.05, 3.63) is 0 Å². The maximum absolute atomic E-state index is 11.7. The van der Waals surface area contributed by atoms with Crippen molar-refractivity contribution in [3.63, 3.8) is 0 Å². The lowest BCUT2D eigenvalue weighted by Crippen LogP contribution is -2.38. The van der Waals surface area contributed by atoms with E-state index in [1.54, 1.807) is 0 Å². The fourth-order valence-electron chi connectivity index (χ4n) is 3.64. The topological polar surface area (TPSA) is 29.5 Å². The lowest BCUT2D eigenvalue weighted by molar-refractivity contribution is -0.131. The average Bonchev–Trinajstić information content (AvgIpc) is 2.81. The first-order chi connectivity index (χ1) is 7.83. The number of ether oxygens (including phenoxy) is 1. The summed E-state index contributed by atoms with van der Waals surface area (Å²) in [5.41, 5.74) is 0. The van der Waals surface area contributed by atoms with E-state index in [1.807, 2.05) is 0 Å². The van der Waals surface area contributed by atoms with Gasteiger partial charge in [-0.2, -0.15) is 0 Å². The standard InChI is InChI=1S/C13H21NO2/c15-13-4-5-16-9-12(13)8-14-6-10-2-1-3-11(10)7-14/h10-12H,1-9H2. The van der Waals surface area contributed by atoms with Crippen LogP contribution >= 0.6 is 0 Å². The van der Waals surface area contributed by atoms with E-state index in [1.165, 1.54) is 32.4 Å². The van der Waals surface area contributed by atoms with Crippen LogP contribution in [0.15, 0.2) is 0 Å². The summed E-state index contributed by atoms with van der Waals surface area (Å²) < 4.78 is 5.41. The minimum absolute atomic E-state index is 0.160. The van der Waals surface area contributed by atoms with Gasteiger partial charge in [-0.05, 0) is 24.7 Å². The highest BCUT2D eigenvalue weighted by atomic mass is 16.5. The van der Waals surface area contributed by atoms with E-state index in [0.29, 0.717) is 25.4 Å². The first kappa shape index (κ1) is 10.7. The number of carbonyl (C=O) groups excluding carboxylic acids is 1. The molecule has 0 N–H and O–H groups in total. The van der Waals surface area contributed by atoms with E-state index < -0.39 is 0 Å². The van der Waals surface area contributed by atoms with Gasteiger partial charge in [0.15, 0.2) is 0 Å². The molecule has 90 valence electrons. The monoisotopic (exact) mass is 223 g/mol. The average molecular weight is 223 g/mol. The predicted molar refractivity (Wildman–Crippen MR) is 61.2 cm³/mol. The highest BCUT2D eigenvalue weighted by molar-refractivity contribution is 5.82. The second-order valence-electron chi connectivity index (χ2n) is 5.66. The molecule has 3 unspecified atom stereocenters. The van der Waals surface area contributed by atoms with Gasteiger partial charge in [0.25, 0.3) is 0 Å². The number of carbonyl (C=O) groups is 1. The zero-order valence-corrected chi connectivity index (χ0v) is 9.86. The molecule has 2 aliphatic heterocycles. The van der Waals surface area contributed by atoms with Crippen LogP contribution in [-0.4, -0.2) is 43.5 Å². The first-order valence-corrected chi connectivity index (χ1v) is 6.66. The Morgan fingerprint density at radius 1 is 1.25 bits per heavy atom. The predicted octanol–water partition coefficient (Wildman–Crippen LogP) is 1.32. The van der Waals surface area contributed by atoms with Crippen LogP contribution in [0.3, 0.4) is 0 Å². The highest BCUT2D eigenvalue weighted by Gasteiger charge is 2.37. The minimum atomic E-state index is 0.160. The fourth-order valence-corrected chi connectivity index (χ4v) is 3.64. The molecule has 2 heterocycles. The molecule has 0 aromatic heterocycles. The van der Waals surface area contributed by atoms with Crippen LogP contribution in [0.5, 0.6) is 0 Å². The van der Waals surface area contributed by atoms with Crippen LogP contribution in [0.4, 0.5) is 0 Å². The molecule has 3 rings (SSSR count). The Labute approximate surface area is 97.1 Å². The Hall–Kier alpha value is -0.410. The molecule has 0 aromatic rings. The fraction of sp³-hybridized carbons (Fsp3) is 0.923. The summed E-state index contributed by atoms with van der Waals surface area (Å²) in [6.07, 6.45) is 4.88. The summed E-state index contributed by atoms with van der Waals surface area (Å²) in [6, 6.07) is 0. The van der Waals surface area contributed by atoms with Crippen LogP contribution in [-0.2, 0) is 9.53 Å². The first-order valence-electron chi connectivity index (χ1n) is 6.66. The molecule has 0 spiro atoms. The lowest BCUT2D eigenvalue weighted by Gasteiger charge is -2.26. The van der Waals surface area contributed by atoms with E-state index in [2.05, 4.69) is 4.90 Å². The molecular weight excluding hydrogens is 202 g/mol. The van der Waals surface area contributed by atoms with Gasteiger partial charge < -0.3 is 9.64 Å². The van der Waals surface area contributed by atoms with E-state index in [0.717, 1.165) is 18.4 Å². The minimum Gasteiger partial charge on any atom is -0.380 e. The zero-order valence-electron chi connectivity index (χ0n) is 9.86. The zero-order chi connectivity index (χ0) is 11.0. The highest BCUT2D eigenvalue weighted by Crippen LogP contribution is 2.37. The van der Waals surface area contributed by atoms with Gasteiger partial charge in [0.1, 0.15) is 5.78 Å². The summed E-state index contributed by atoms with van der Waals surface area (Å²) in [5, 5.41) is 0. The summed E-state index contributed by atoms with van der Waals surface area (Å²) in [4.78, 5) is 14.2. The van der Waals surface area contributed by atoms with Gasteiger partial charge in [-0.25, -0.2) is 0 Å². The van der Waals surface area contributed by atoms with Crippen molar-refractivity contribution in [3.8, 4) is 0 Å². The summed E-state index contributed by atoms with van der Waals surface area (Å²) in [5.74, 6) is 2.44. The molecule has 3 fully saturated rings. The van der Waals surface area contributed by atoms with Crippen LogP contribution < -0.4 is 0 Å². The molecule has 3 heteroatoms. The van der Waals surface area contributed by atoms with Gasteiger partial charge in [-0.1, -0.05) is 6.42 Å². The smallest absolute Gasteiger partial charge is 0.141 e. The lowest BCUT2D eigenvalue weighted by atomic mass is 10.00. The normalized spacial score (nSPS) is 40.2. The number of hydrogen-bond donors (Lipinski definition) is 0. The summed E-state index contributed by atoms with van der Waals surface area (Å²) in [6.45, 7) is 4.71. The largest absolute Gasteiger partial charge is 0.380 e. The van der Waals surface area contributed by atoms with Crippen molar-refractivity contribution in [2.45, 2.75) is 25.7 Å². The van der Waals surface area contributed by atoms with E-state index in [9.17, 15) is 4.79 Å². The molecule has 0 amide bonds. The molecule has 0 aromatic carbocycles. The van der Waals surface area contributed by atoms with Crippen molar-refractivity contribution < 1.29 is 9.53 Å². The summed E-state index contributed by atoms with van der Waals surface area (Å²) >= 11 is 0. The van der Waals surface area contributed by atoms with Crippen molar-refractivity contribution in [2.75, 3.05) is 32.8 Å². The molecule has 0 radical (unpaired) electrons. The van der Waals surface area contributed by atoms with E-state index in [4.69, 9.17) is 4.74 Å². The van der Waals surface area contributed by atoms with E-state index in [-0.39, 0.29) is 5.92 Å². The Kier molecular flexibility index (Phi) is 2.99. The Morgan fingerprint density at radius 2 is 2.00 bits per heavy atom. The molecule has 3 aliphatic rings. The van der Waals surface area contributed by atoms with Gasteiger partial charge in [-0.15, -0.1) is 0 Å². The third kappa shape index (κ3) is 2.03. The Bertz CT molecular complexity index is 267. The quantitative estimate of drug-likeness (QED) is 0.707. The van der Waals surface area contributed by atoms with Crippen LogP contribution in [0, 0.1) is 17.8 Å². The van der Waals surface area contributed by atoms with Crippen molar-refractivity contribution in [1.82, 2.24) is 4.90 Å². The van der Waals surface area contributed by atoms with Crippen molar-refractivity contribution >= 4 is 5.78 Å². The van der Waals surface area contributed by atoms with Gasteiger partial charge >= 0.3 is 0 Å². The van der Waals surface area contributed by atoms with Gasteiger partial charge in [-0.3, -0.25) is 4.79 Å². The van der Waals surface area contributed by atoms with Crippen LogP contribution in [0.25, 0.3) is 0 Å². The summed E-state index contributed by atoms with van der Waals surface area (Å²) in [7, 11) is 0. The molecule has 3 atom stereocenters. The number of rotatable bonds is 2. The third-order valence-electron chi connectivity index (χ3n) is 4.55. The SMILES string of the molecule is O=C1CCOCC1CN1CC2CCCC2C1. The van der Waals surface area contributed by atoms with E-state index >= 15 is 0 Å². The number of ketones is 1. The number of nitrogens with zero attached hydrogens (tertiary/aromatic N) is 1. The molecule has 16 heavy (non-hydrogen) atoms. The Morgan fingerprint density at radius 3 is 2.69 bits per heavy atom. The second kappa shape index (κ2) is 4.46. The maximum atomic E-state index is 11.7. The maximum Gasteiger partial charge on any atom is 0.141 e. The molecule has 2 saturated heterocycles. The van der Waals surface area contributed by atoms with Crippen molar-refractivity contribution in [2.24, 2.45) is 17.8 Å².